The van der Waals surface area contributed by atoms with Crippen LogP contribution in [0.5, 0.6) is 0 Å². The van der Waals surface area contributed by atoms with Crippen LogP contribution in [0.25, 0.3) is 0 Å². The highest BCUT2D eigenvalue weighted by Gasteiger charge is 2.21. The average Bonchev–Trinajstić information content (AvgIpc) is 2.43. The van der Waals surface area contributed by atoms with Crippen LogP contribution in [0.15, 0.2) is 24.5 Å². The number of nitrogens with zero attached hydrogens (tertiary/aromatic N) is 3. The van der Waals surface area contributed by atoms with Crippen molar-refractivity contribution in [2.75, 3.05) is 32.8 Å². The third kappa shape index (κ3) is 3.51. The van der Waals surface area contributed by atoms with Crippen molar-refractivity contribution in [3.8, 4) is 0 Å². The SMILES string of the molecule is CCC(CO)N1CCN(Cc2ccncc2)CC1. The minimum Gasteiger partial charge on any atom is -0.395 e. The molecule has 0 aromatic carbocycles. The third-order valence-electron chi connectivity index (χ3n) is 3.76. The molecule has 18 heavy (non-hydrogen) atoms. The van der Waals surface area contributed by atoms with Crippen molar-refractivity contribution in [1.82, 2.24) is 14.8 Å². The largest absolute Gasteiger partial charge is 0.395 e. The maximum atomic E-state index is 9.32. The Morgan fingerprint density at radius 3 is 2.44 bits per heavy atom. The molecule has 1 atom stereocenters. The van der Waals surface area contributed by atoms with Crippen LogP contribution in [0.3, 0.4) is 0 Å². The van der Waals surface area contributed by atoms with Crippen molar-refractivity contribution in [1.29, 1.82) is 0 Å². The standard InChI is InChI=1S/C14H23N3O/c1-2-14(12-18)17-9-7-16(8-10-17)11-13-3-5-15-6-4-13/h3-6,14,18H,2,7-12H2,1H3. The molecule has 1 aliphatic heterocycles. The Balaban J connectivity index is 1.80. The van der Waals surface area contributed by atoms with E-state index in [1.54, 1.807) is 0 Å². The van der Waals surface area contributed by atoms with Crippen molar-refractivity contribution in [2.24, 2.45) is 0 Å². The lowest BCUT2D eigenvalue weighted by Gasteiger charge is -2.38. The van der Waals surface area contributed by atoms with Gasteiger partial charge in [-0.25, -0.2) is 0 Å². The summed E-state index contributed by atoms with van der Waals surface area (Å²) in [7, 11) is 0. The van der Waals surface area contributed by atoms with Crippen LogP contribution in [-0.4, -0.2) is 58.7 Å². The molecule has 0 amide bonds. The number of aliphatic hydroxyl groups is 1. The number of hydrogen-bond donors (Lipinski definition) is 1. The average molecular weight is 249 g/mol. The van der Waals surface area contributed by atoms with Gasteiger partial charge in [0.05, 0.1) is 6.61 Å². The Morgan fingerprint density at radius 2 is 1.89 bits per heavy atom. The molecule has 4 nitrogen and oxygen atoms in total. The zero-order valence-electron chi connectivity index (χ0n) is 11.1. The second kappa shape index (κ2) is 6.83. The van der Waals surface area contributed by atoms with Gasteiger partial charge in [-0.1, -0.05) is 6.92 Å². The van der Waals surface area contributed by atoms with E-state index in [0.29, 0.717) is 6.04 Å². The highest BCUT2D eigenvalue weighted by molar-refractivity contribution is 5.09. The van der Waals surface area contributed by atoms with E-state index in [1.807, 2.05) is 12.4 Å². The van der Waals surface area contributed by atoms with E-state index in [0.717, 1.165) is 39.1 Å². The fraction of sp³-hybridized carbons (Fsp3) is 0.643. The molecule has 2 heterocycles. The van der Waals surface area contributed by atoms with Gasteiger partial charge in [-0.05, 0) is 24.1 Å². The number of aliphatic hydroxyl groups excluding tert-OH is 1. The summed E-state index contributed by atoms with van der Waals surface area (Å²) in [5.41, 5.74) is 1.33. The molecule has 100 valence electrons. The number of aromatic nitrogens is 1. The van der Waals surface area contributed by atoms with Crippen LogP contribution >= 0.6 is 0 Å². The molecule has 1 fully saturated rings. The Morgan fingerprint density at radius 1 is 1.22 bits per heavy atom. The van der Waals surface area contributed by atoms with Gasteiger partial charge in [0.1, 0.15) is 0 Å². The van der Waals surface area contributed by atoms with Gasteiger partial charge < -0.3 is 5.11 Å². The van der Waals surface area contributed by atoms with Gasteiger partial charge in [-0.3, -0.25) is 14.8 Å². The second-order valence-corrected chi connectivity index (χ2v) is 4.91. The molecule has 4 heteroatoms. The van der Waals surface area contributed by atoms with Crippen molar-refractivity contribution in [2.45, 2.75) is 25.9 Å². The molecule has 0 saturated carbocycles. The van der Waals surface area contributed by atoms with E-state index in [-0.39, 0.29) is 6.61 Å². The highest BCUT2D eigenvalue weighted by Crippen LogP contribution is 2.11. The Hall–Kier alpha value is -0.970. The molecular weight excluding hydrogens is 226 g/mol. The quantitative estimate of drug-likeness (QED) is 0.844. The smallest absolute Gasteiger partial charge is 0.0586 e. The molecule has 2 rings (SSSR count). The summed E-state index contributed by atoms with van der Waals surface area (Å²) in [6.07, 6.45) is 4.73. The van der Waals surface area contributed by atoms with Crippen LogP contribution in [0.2, 0.25) is 0 Å². The van der Waals surface area contributed by atoms with Crippen LogP contribution in [0, 0.1) is 0 Å². The zero-order chi connectivity index (χ0) is 12.8. The molecule has 1 aromatic rings. The van der Waals surface area contributed by atoms with E-state index >= 15 is 0 Å². The van der Waals surface area contributed by atoms with E-state index in [9.17, 15) is 5.11 Å². The minimum absolute atomic E-state index is 0.279. The topological polar surface area (TPSA) is 39.6 Å². The first-order chi connectivity index (χ1) is 8.83. The van der Waals surface area contributed by atoms with E-state index in [2.05, 4.69) is 33.8 Å². The van der Waals surface area contributed by atoms with Gasteiger partial charge >= 0.3 is 0 Å². The first kappa shape index (κ1) is 13.5. The van der Waals surface area contributed by atoms with Gasteiger partial charge in [0.15, 0.2) is 0 Å². The van der Waals surface area contributed by atoms with Gasteiger partial charge in [0.25, 0.3) is 0 Å². The summed E-state index contributed by atoms with van der Waals surface area (Å²) in [5.74, 6) is 0. The van der Waals surface area contributed by atoms with Gasteiger partial charge in [-0.2, -0.15) is 0 Å². The maximum absolute atomic E-state index is 9.32. The monoisotopic (exact) mass is 249 g/mol. The minimum atomic E-state index is 0.279. The first-order valence-electron chi connectivity index (χ1n) is 6.79. The normalized spacial score (nSPS) is 19.9. The van der Waals surface area contributed by atoms with Gasteiger partial charge in [0, 0.05) is 51.2 Å². The second-order valence-electron chi connectivity index (χ2n) is 4.91. The van der Waals surface area contributed by atoms with Gasteiger partial charge in [-0.15, -0.1) is 0 Å². The summed E-state index contributed by atoms with van der Waals surface area (Å²) in [6, 6.07) is 4.50. The fourth-order valence-corrected chi connectivity index (χ4v) is 2.54. The predicted octanol–water partition coefficient (Wildman–Crippen LogP) is 0.970. The lowest BCUT2D eigenvalue weighted by molar-refractivity contribution is 0.0608. The number of piperazine rings is 1. The number of pyridine rings is 1. The van der Waals surface area contributed by atoms with Crippen molar-refractivity contribution in [3.05, 3.63) is 30.1 Å². The van der Waals surface area contributed by atoms with Crippen LogP contribution in [0.1, 0.15) is 18.9 Å². The Bertz CT molecular complexity index is 332. The molecule has 0 bridgehead atoms. The summed E-state index contributed by atoms with van der Waals surface area (Å²) >= 11 is 0. The third-order valence-corrected chi connectivity index (χ3v) is 3.76. The molecule has 1 unspecified atom stereocenters. The fourth-order valence-electron chi connectivity index (χ4n) is 2.54. The highest BCUT2D eigenvalue weighted by atomic mass is 16.3. The van der Waals surface area contributed by atoms with E-state index in [4.69, 9.17) is 0 Å². The molecular formula is C14H23N3O. The maximum Gasteiger partial charge on any atom is 0.0586 e. The molecule has 1 saturated heterocycles. The lowest BCUT2D eigenvalue weighted by atomic mass is 10.1. The van der Waals surface area contributed by atoms with E-state index < -0.39 is 0 Å². The Labute approximate surface area is 109 Å². The van der Waals surface area contributed by atoms with Crippen molar-refractivity contribution in [3.63, 3.8) is 0 Å². The molecule has 1 N–H and O–H groups in total. The first-order valence-corrected chi connectivity index (χ1v) is 6.79. The van der Waals surface area contributed by atoms with Gasteiger partial charge in [0.2, 0.25) is 0 Å². The summed E-state index contributed by atoms with van der Waals surface area (Å²) in [5, 5.41) is 9.32. The summed E-state index contributed by atoms with van der Waals surface area (Å²) < 4.78 is 0. The summed E-state index contributed by atoms with van der Waals surface area (Å²) in [4.78, 5) is 8.92. The lowest BCUT2D eigenvalue weighted by Crippen LogP contribution is -2.50. The summed E-state index contributed by atoms with van der Waals surface area (Å²) in [6.45, 7) is 7.71. The molecule has 0 radical (unpaired) electrons. The predicted molar refractivity (Wildman–Crippen MR) is 72.3 cm³/mol. The molecule has 1 aliphatic rings. The molecule has 0 spiro atoms. The van der Waals surface area contributed by atoms with Crippen molar-refractivity contribution < 1.29 is 5.11 Å². The number of hydrogen-bond acceptors (Lipinski definition) is 4. The molecule has 1 aromatic heterocycles. The molecule has 0 aliphatic carbocycles. The van der Waals surface area contributed by atoms with E-state index in [1.165, 1.54) is 5.56 Å². The number of rotatable bonds is 5. The van der Waals surface area contributed by atoms with Crippen molar-refractivity contribution >= 4 is 0 Å². The van der Waals surface area contributed by atoms with Crippen LogP contribution in [0.4, 0.5) is 0 Å². The zero-order valence-corrected chi connectivity index (χ0v) is 11.1. The van der Waals surface area contributed by atoms with Crippen LogP contribution < -0.4 is 0 Å². The Kier molecular flexibility index (Phi) is 5.11. The van der Waals surface area contributed by atoms with Crippen LogP contribution in [-0.2, 0) is 6.54 Å².